The molecule has 0 aliphatic carbocycles. The van der Waals surface area contributed by atoms with Crippen LogP contribution in [0.15, 0.2) is 18.2 Å². The van der Waals surface area contributed by atoms with Crippen molar-refractivity contribution in [3.8, 4) is 0 Å². The second-order valence-corrected chi connectivity index (χ2v) is 4.52. The van der Waals surface area contributed by atoms with Crippen molar-refractivity contribution in [2.75, 3.05) is 6.54 Å². The van der Waals surface area contributed by atoms with Crippen molar-refractivity contribution in [3.63, 3.8) is 0 Å². The smallest absolute Gasteiger partial charge is 0.393 e. The molecule has 0 saturated heterocycles. The van der Waals surface area contributed by atoms with E-state index in [9.17, 15) is 22.4 Å². The van der Waals surface area contributed by atoms with Crippen molar-refractivity contribution in [1.82, 2.24) is 5.32 Å². The summed E-state index contributed by atoms with van der Waals surface area (Å²) in [6.07, 6.45) is -4.02. The van der Waals surface area contributed by atoms with Gasteiger partial charge in [-0.15, -0.1) is 0 Å². The SMILES string of the molecule is NC(=S)CCCNC(=O)c1cccc(C(F)(F)F)c1F. The van der Waals surface area contributed by atoms with Gasteiger partial charge in [-0.1, -0.05) is 18.3 Å². The Hall–Kier alpha value is -1.70. The number of benzene rings is 1. The average molecular weight is 308 g/mol. The molecule has 1 aromatic rings. The van der Waals surface area contributed by atoms with Gasteiger partial charge in [-0.3, -0.25) is 4.79 Å². The fourth-order valence-corrected chi connectivity index (χ4v) is 1.63. The Balaban J connectivity index is 2.76. The highest BCUT2D eigenvalue weighted by Gasteiger charge is 2.35. The van der Waals surface area contributed by atoms with Crippen molar-refractivity contribution in [2.24, 2.45) is 5.73 Å². The lowest BCUT2D eigenvalue weighted by molar-refractivity contribution is -0.140. The molecule has 110 valence electrons. The van der Waals surface area contributed by atoms with Gasteiger partial charge in [-0.2, -0.15) is 13.2 Å². The van der Waals surface area contributed by atoms with Crippen LogP contribution in [0.25, 0.3) is 0 Å². The third kappa shape index (κ3) is 4.44. The average Bonchev–Trinajstić information content (AvgIpc) is 2.33. The monoisotopic (exact) mass is 308 g/mol. The van der Waals surface area contributed by atoms with Crippen molar-refractivity contribution < 1.29 is 22.4 Å². The van der Waals surface area contributed by atoms with E-state index in [0.29, 0.717) is 18.9 Å². The molecule has 3 nitrogen and oxygen atoms in total. The summed E-state index contributed by atoms with van der Waals surface area (Å²) in [5.74, 6) is -2.48. The van der Waals surface area contributed by atoms with Gasteiger partial charge < -0.3 is 11.1 Å². The summed E-state index contributed by atoms with van der Waals surface area (Å²) >= 11 is 4.63. The Morgan fingerprint density at radius 1 is 1.35 bits per heavy atom. The van der Waals surface area contributed by atoms with Crippen LogP contribution in [0.1, 0.15) is 28.8 Å². The van der Waals surface area contributed by atoms with E-state index in [0.717, 1.165) is 12.1 Å². The fourth-order valence-electron chi connectivity index (χ4n) is 1.49. The number of carbonyl (C=O) groups excluding carboxylic acids is 1. The summed E-state index contributed by atoms with van der Waals surface area (Å²) in [5, 5.41) is 2.31. The standard InChI is InChI=1S/C12H12F4N2OS/c13-10-7(3-1-4-8(10)12(14,15)16)11(19)18-6-2-5-9(17)20/h1,3-4H,2,5-6H2,(H2,17,20)(H,18,19). The van der Waals surface area contributed by atoms with Crippen LogP contribution in [0, 0.1) is 5.82 Å². The van der Waals surface area contributed by atoms with Crippen LogP contribution in [-0.4, -0.2) is 17.4 Å². The number of hydrogen-bond acceptors (Lipinski definition) is 2. The first kappa shape index (κ1) is 16.4. The lowest BCUT2D eigenvalue weighted by Crippen LogP contribution is -2.27. The molecule has 1 aromatic carbocycles. The second kappa shape index (κ2) is 6.65. The molecule has 20 heavy (non-hydrogen) atoms. The molecule has 0 bridgehead atoms. The maximum absolute atomic E-state index is 13.6. The van der Waals surface area contributed by atoms with Crippen LogP contribution >= 0.6 is 12.2 Å². The molecule has 8 heteroatoms. The maximum atomic E-state index is 13.6. The van der Waals surface area contributed by atoms with E-state index in [-0.39, 0.29) is 11.5 Å². The lowest BCUT2D eigenvalue weighted by Gasteiger charge is -2.11. The highest BCUT2D eigenvalue weighted by atomic mass is 32.1. The van der Waals surface area contributed by atoms with Crippen molar-refractivity contribution in [2.45, 2.75) is 19.0 Å². The van der Waals surface area contributed by atoms with E-state index < -0.39 is 29.0 Å². The lowest BCUT2D eigenvalue weighted by atomic mass is 10.1. The highest BCUT2D eigenvalue weighted by molar-refractivity contribution is 7.80. The topological polar surface area (TPSA) is 55.1 Å². The number of amides is 1. The zero-order valence-corrected chi connectivity index (χ0v) is 11.1. The van der Waals surface area contributed by atoms with Gasteiger partial charge in [0.15, 0.2) is 0 Å². The zero-order chi connectivity index (χ0) is 15.3. The number of hydrogen-bond donors (Lipinski definition) is 2. The predicted molar refractivity (Wildman–Crippen MR) is 69.8 cm³/mol. The predicted octanol–water partition coefficient (Wildman–Crippen LogP) is 2.64. The van der Waals surface area contributed by atoms with Gasteiger partial charge in [0.25, 0.3) is 5.91 Å². The summed E-state index contributed by atoms with van der Waals surface area (Å²) in [7, 11) is 0. The van der Waals surface area contributed by atoms with Crippen LogP contribution in [0.5, 0.6) is 0 Å². The molecule has 0 aromatic heterocycles. The fraction of sp³-hybridized carbons (Fsp3) is 0.333. The summed E-state index contributed by atoms with van der Waals surface area (Å²) in [4.78, 5) is 11.9. The number of rotatable bonds is 5. The molecule has 0 aliphatic heterocycles. The number of nitrogens with two attached hydrogens (primary N) is 1. The summed E-state index contributed by atoms with van der Waals surface area (Å²) in [6, 6.07) is 2.56. The van der Waals surface area contributed by atoms with Crippen LogP contribution < -0.4 is 11.1 Å². The van der Waals surface area contributed by atoms with E-state index in [1.807, 2.05) is 0 Å². The Bertz CT molecular complexity index is 517. The van der Waals surface area contributed by atoms with Gasteiger partial charge in [0.05, 0.1) is 16.1 Å². The summed E-state index contributed by atoms with van der Waals surface area (Å²) < 4.78 is 51.1. The molecule has 0 fully saturated rings. The number of carbonyl (C=O) groups is 1. The van der Waals surface area contributed by atoms with E-state index in [2.05, 4.69) is 17.5 Å². The molecule has 0 heterocycles. The van der Waals surface area contributed by atoms with Gasteiger partial charge >= 0.3 is 6.18 Å². The number of nitrogens with one attached hydrogen (secondary N) is 1. The Labute approximate surface area is 118 Å². The van der Waals surface area contributed by atoms with E-state index in [1.165, 1.54) is 0 Å². The first-order chi connectivity index (χ1) is 9.23. The van der Waals surface area contributed by atoms with Crippen molar-refractivity contribution in [3.05, 3.63) is 35.1 Å². The third-order valence-electron chi connectivity index (χ3n) is 2.43. The minimum atomic E-state index is -4.84. The molecule has 0 spiro atoms. The minimum absolute atomic E-state index is 0.145. The van der Waals surface area contributed by atoms with Crippen molar-refractivity contribution in [1.29, 1.82) is 0 Å². The van der Waals surface area contributed by atoms with Crippen LogP contribution in [0.2, 0.25) is 0 Å². The van der Waals surface area contributed by atoms with Crippen LogP contribution in [0.4, 0.5) is 17.6 Å². The molecule has 0 radical (unpaired) electrons. The van der Waals surface area contributed by atoms with E-state index in [4.69, 9.17) is 5.73 Å². The number of thiocarbonyl (C=S) groups is 1. The van der Waals surface area contributed by atoms with Gasteiger partial charge in [-0.05, 0) is 25.0 Å². The molecular formula is C12H12F4N2OS. The number of alkyl halides is 3. The van der Waals surface area contributed by atoms with Gasteiger partial charge in [0.1, 0.15) is 5.82 Å². The second-order valence-electron chi connectivity index (χ2n) is 3.99. The summed E-state index contributed by atoms with van der Waals surface area (Å²) in [6.45, 7) is 0.145. The molecule has 3 N–H and O–H groups in total. The third-order valence-corrected chi connectivity index (χ3v) is 2.64. The van der Waals surface area contributed by atoms with Crippen molar-refractivity contribution >= 4 is 23.1 Å². The van der Waals surface area contributed by atoms with E-state index in [1.54, 1.807) is 0 Å². The zero-order valence-electron chi connectivity index (χ0n) is 10.3. The quantitative estimate of drug-likeness (QED) is 0.499. The molecule has 0 unspecified atom stereocenters. The molecule has 0 saturated carbocycles. The Morgan fingerprint density at radius 3 is 2.55 bits per heavy atom. The van der Waals surface area contributed by atoms with Crippen LogP contribution in [0.3, 0.4) is 0 Å². The Kier molecular flexibility index (Phi) is 5.43. The van der Waals surface area contributed by atoms with Crippen LogP contribution in [-0.2, 0) is 6.18 Å². The Morgan fingerprint density at radius 2 is 2.00 bits per heavy atom. The largest absolute Gasteiger partial charge is 0.419 e. The first-order valence-electron chi connectivity index (χ1n) is 5.65. The molecule has 1 amide bonds. The minimum Gasteiger partial charge on any atom is -0.393 e. The maximum Gasteiger partial charge on any atom is 0.419 e. The highest BCUT2D eigenvalue weighted by Crippen LogP contribution is 2.32. The van der Waals surface area contributed by atoms with Gasteiger partial charge in [-0.25, -0.2) is 4.39 Å². The summed E-state index contributed by atoms with van der Waals surface area (Å²) in [5.41, 5.74) is 3.14. The number of halogens is 4. The van der Waals surface area contributed by atoms with Gasteiger partial charge in [0, 0.05) is 6.54 Å². The first-order valence-corrected chi connectivity index (χ1v) is 6.06. The van der Waals surface area contributed by atoms with Gasteiger partial charge in [0.2, 0.25) is 0 Å². The van der Waals surface area contributed by atoms with E-state index >= 15 is 0 Å². The molecule has 0 aliphatic rings. The normalized spacial score (nSPS) is 11.2. The molecule has 0 atom stereocenters. The molecule has 1 rings (SSSR count). The molecular weight excluding hydrogens is 296 g/mol.